The molecule has 0 fully saturated rings. The molecule has 0 bridgehead atoms. The number of ether oxygens (including phenoxy) is 1. The van der Waals surface area contributed by atoms with E-state index in [-0.39, 0.29) is 11.8 Å². The average molecular weight is 245 g/mol. The predicted molar refractivity (Wildman–Crippen MR) is 64.7 cm³/mol. The van der Waals surface area contributed by atoms with Crippen molar-refractivity contribution in [3.63, 3.8) is 0 Å². The summed E-state index contributed by atoms with van der Waals surface area (Å²) in [4.78, 5) is 22.6. The lowest BCUT2D eigenvalue weighted by atomic mass is 10.0. The second-order valence-corrected chi connectivity index (χ2v) is 4.44. The minimum atomic E-state index is -1.02. The van der Waals surface area contributed by atoms with Crippen LogP contribution in [0.15, 0.2) is 0 Å². The number of carbonyl (C=O) groups is 2. The zero-order valence-corrected chi connectivity index (χ0v) is 11.0. The molecule has 0 aliphatic rings. The van der Waals surface area contributed by atoms with Crippen LogP contribution >= 0.6 is 0 Å². The molecule has 2 atom stereocenters. The molecule has 5 heteroatoms. The predicted octanol–water partition coefficient (Wildman–Crippen LogP) is 1.42. The first-order valence-electron chi connectivity index (χ1n) is 6.04. The summed E-state index contributed by atoms with van der Waals surface area (Å²) in [5, 5.41) is 11.4. The van der Waals surface area contributed by atoms with Crippen LogP contribution in [0.1, 0.15) is 40.5 Å². The number of aliphatic carboxylic acids is 1. The van der Waals surface area contributed by atoms with Crippen molar-refractivity contribution < 1.29 is 19.4 Å². The first-order valence-corrected chi connectivity index (χ1v) is 6.04. The summed E-state index contributed by atoms with van der Waals surface area (Å²) in [5.41, 5.74) is 0. The fourth-order valence-corrected chi connectivity index (χ4v) is 1.26. The number of amides is 1. The van der Waals surface area contributed by atoms with E-state index in [1.54, 1.807) is 20.8 Å². The van der Waals surface area contributed by atoms with Gasteiger partial charge in [0.05, 0.1) is 0 Å². The Morgan fingerprint density at radius 1 is 1.29 bits per heavy atom. The highest BCUT2D eigenvalue weighted by molar-refractivity contribution is 5.86. The Hall–Kier alpha value is -1.10. The van der Waals surface area contributed by atoms with Crippen molar-refractivity contribution in [2.75, 3.05) is 6.61 Å². The van der Waals surface area contributed by atoms with E-state index in [1.165, 1.54) is 0 Å². The van der Waals surface area contributed by atoms with Crippen LogP contribution in [0.3, 0.4) is 0 Å². The van der Waals surface area contributed by atoms with E-state index >= 15 is 0 Å². The lowest BCUT2D eigenvalue weighted by molar-refractivity contribution is -0.145. The van der Waals surface area contributed by atoms with Gasteiger partial charge in [0.25, 0.3) is 0 Å². The van der Waals surface area contributed by atoms with Gasteiger partial charge >= 0.3 is 5.97 Å². The molecule has 1 unspecified atom stereocenters. The molecule has 0 aliphatic heterocycles. The summed E-state index contributed by atoms with van der Waals surface area (Å²) in [6.07, 6.45) is 1.28. The molecule has 0 aliphatic carbocycles. The van der Waals surface area contributed by atoms with Crippen molar-refractivity contribution in [1.82, 2.24) is 5.32 Å². The molecular formula is C12H23NO4. The molecule has 0 aromatic heterocycles. The van der Waals surface area contributed by atoms with Crippen LogP contribution in [0.25, 0.3) is 0 Å². The molecule has 0 heterocycles. The lowest BCUT2D eigenvalue weighted by Crippen LogP contribution is -2.48. The molecule has 0 rings (SSSR count). The number of carbonyl (C=O) groups excluding carboxylic acids is 1. The van der Waals surface area contributed by atoms with Crippen LogP contribution in [0, 0.1) is 5.92 Å². The number of rotatable bonds is 8. The van der Waals surface area contributed by atoms with Crippen LogP contribution in [0.2, 0.25) is 0 Å². The smallest absolute Gasteiger partial charge is 0.326 e. The van der Waals surface area contributed by atoms with Crippen LogP contribution in [0.4, 0.5) is 0 Å². The van der Waals surface area contributed by atoms with E-state index in [2.05, 4.69) is 5.32 Å². The van der Waals surface area contributed by atoms with Crippen LogP contribution in [-0.2, 0) is 14.3 Å². The van der Waals surface area contributed by atoms with Crippen molar-refractivity contribution in [3.05, 3.63) is 0 Å². The summed E-state index contributed by atoms with van der Waals surface area (Å²) in [6, 6.07) is -0.861. The van der Waals surface area contributed by atoms with Gasteiger partial charge in [-0.1, -0.05) is 27.2 Å². The van der Waals surface area contributed by atoms with E-state index in [1.807, 2.05) is 6.92 Å². The van der Waals surface area contributed by atoms with Gasteiger partial charge in [-0.2, -0.15) is 0 Å². The number of unbranched alkanes of at least 4 members (excludes halogenated alkanes) is 1. The Labute approximate surface area is 103 Å². The maximum Gasteiger partial charge on any atom is 0.326 e. The van der Waals surface area contributed by atoms with Gasteiger partial charge in [-0.15, -0.1) is 0 Å². The summed E-state index contributed by atoms with van der Waals surface area (Å²) >= 11 is 0. The molecule has 0 saturated heterocycles. The second kappa shape index (κ2) is 8.06. The minimum Gasteiger partial charge on any atom is -0.480 e. The van der Waals surface area contributed by atoms with E-state index in [9.17, 15) is 9.59 Å². The molecule has 0 aromatic carbocycles. The quantitative estimate of drug-likeness (QED) is 0.634. The third-order valence-corrected chi connectivity index (χ3v) is 2.47. The van der Waals surface area contributed by atoms with Crippen LogP contribution < -0.4 is 5.32 Å². The monoisotopic (exact) mass is 245 g/mol. The number of hydrogen-bond acceptors (Lipinski definition) is 3. The van der Waals surface area contributed by atoms with Gasteiger partial charge < -0.3 is 15.2 Å². The highest BCUT2D eigenvalue weighted by Gasteiger charge is 2.25. The zero-order chi connectivity index (χ0) is 13.4. The number of hydrogen-bond donors (Lipinski definition) is 2. The van der Waals surface area contributed by atoms with Crippen molar-refractivity contribution in [3.8, 4) is 0 Å². The standard InChI is InChI=1S/C12H23NO4/c1-5-6-7-17-9(4)11(14)13-10(8(2)3)12(15)16/h8-10H,5-7H2,1-4H3,(H,13,14)(H,15,16)/t9?,10-/m1/s1. The van der Waals surface area contributed by atoms with Crippen LogP contribution in [-0.4, -0.2) is 35.7 Å². The van der Waals surface area contributed by atoms with Gasteiger partial charge in [-0.05, 0) is 19.3 Å². The topological polar surface area (TPSA) is 75.6 Å². The number of carboxylic acids is 1. The molecule has 0 saturated carbocycles. The van der Waals surface area contributed by atoms with Gasteiger partial charge in [0, 0.05) is 6.61 Å². The van der Waals surface area contributed by atoms with Gasteiger partial charge in [0.1, 0.15) is 12.1 Å². The van der Waals surface area contributed by atoms with Crippen molar-refractivity contribution in [2.45, 2.75) is 52.7 Å². The third-order valence-electron chi connectivity index (χ3n) is 2.47. The lowest BCUT2D eigenvalue weighted by Gasteiger charge is -2.20. The first-order chi connectivity index (χ1) is 7.90. The summed E-state index contributed by atoms with van der Waals surface area (Å²) in [6.45, 7) is 7.69. The number of carboxylic acid groups (broad SMARTS) is 1. The average Bonchev–Trinajstić information content (AvgIpc) is 2.24. The molecule has 2 N–H and O–H groups in total. The van der Waals surface area contributed by atoms with E-state index < -0.39 is 18.1 Å². The molecule has 100 valence electrons. The van der Waals surface area contributed by atoms with E-state index in [4.69, 9.17) is 9.84 Å². The summed E-state index contributed by atoms with van der Waals surface area (Å²) in [7, 11) is 0. The highest BCUT2D eigenvalue weighted by atomic mass is 16.5. The van der Waals surface area contributed by atoms with Crippen molar-refractivity contribution in [2.24, 2.45) is 5.92 Å². The van der Waals surface area contributed by atoms with Gasteiger partial charge in [0.2, 0.25) is 5.91 Å². The Balaban J connectivity index is 4.16. The van der Waals surface area contributed by atoms with E-state index in [0.717, 1.165) is 12.8 Å². The molecule has 0 spiro atoms. The summed E-state index contributed by atoms with van der Waals surface area (Å²) < 4.78 is 5.30. The Morgan fingerprint density at radius 2 is 1.88 bits per heavy atom. The minimum absolute atomic E-state index is 0.153. The highest BCUT2D eigenvalue weighted by Crippen LogP contribution is 2.03. The van der Waals surface area contributed by atoms with Crippen molar-refractivity contribution >= 4 is 11.9 Å². The van der Waals surface area contributed by atoms with Crippen molar-refractivity contribution in [1.29, 1.82) is 0 Å². The second-order valence-electron chi connectivity index (χ2n) is 4.44. The zero-order valence-electron chi connectivity index (χ0n) is 11.0. The largest absolute Gasteiger partial charge is 0.480 e. The fraction of sp³-hybridized carbons (Fsp3) is 0.833. The Bertz CT molecular complexity index is 253. The molecule has 17 heavy (non-hydrogen) atoms. The fourth-order valence-electron chi connectivity index (χ4n) is 1.26. The Kier molecular flexibility index (Phi) is 7.54. The van der Waals surface area contributed by atoms with E-state index in [0.29, 0.717) is 6.61 Å². The van der Waals surface area contributed by atoms with Gasteiger partial charge in [0.15, 0.2) is 0 Å². The SMILES string of the molecule is CCCCOC(C)C(=O)N[C@@H](C(=O)O)C(C)C. The molecule has 0 aromatic rings. The number of nitrogens with one attached hydrogen (secondary N) is 1. The summed E-state index contributed by atoms with van der Waals surface area (Å²) in [5.74, 6) is -1.55. The molecule has 1 amide bonds. The maximum atomic E-state index is 11.7. The molecule has 5 nitrogen and oxygen atoms in total. The molecule has 0 radical (unpaired) electrons. The van der Waals surface area contributed by atoms with Crippen LogP contribution in [0.5, 0.6) is 0 Å². The third kappa shape index (κ3) is 6.26. The normalized spacial score (nSPS) is 14.4. The van der Waals surface area contributed by atoms with Gasteiger partial charge in [-0.3, -0.25) is 4.79 Å². The first kappa shape index (κ1) is 15.9. The van der Waals surface area contributed by atoms with Gasteiger partial charge in [-0.25, -0.2) is 4.79 Å². The molecular weight excluding hydrogens is 222 g/mol. The maximum absolute atomic E-state index is 11.7. The Morgan fingerprint density at radius 3 is 2.29 bits per heavy atom.